The van der Waals surface area contributed by atoms with E-state index >= 15 is 0 Å². The fraction of sp³-hybridized carbons (Fsp3) is 0.667. The van der Waals surface area contributed by atoms with Crippen LogP contribution in [0.4, 0.5) is 0 Å². The molecule has 2 atom stereocenters. The zero-order valence-electron chi connectivity index (χ0n) is 10.5. The molecule has 0 aromatic carbocycles. The van der Waals surface area contributed by atoms with Crippen LogP contribution in [0.3, 0.4) is 0 Å². The molecule has 1 saturated heterocycles. The predicted molar refractivity (Wildman–Crippen MR) is 63.5 cm³/mol. The van der Waals surface area contributed by atoms with Gasteiger partial charge >= 0.3 is 0 Å². The zero-order valence-corrected chi connectivity index (χ0v) is 10.5. The summed E-state index contributed by atoms with van der Waals surface area (Å²) in [7, 11) is 0. The fourth-order valence-corrected chi connectivity index (χ4v) is 2.39. The van der Waals surface area contributed by atoms with Gasteiger partial charge in [0, 0.05) is 12.1 Å². The van der Waals surface area contributed by atoms with E-state index in [1.807, 2.05) is 20.8 Å². The van der Waals surface area contributed by atoms with Crippen LogP contribution in [0.2, 0.25) is 0 Å². The van der Waals surface area contributed by atoms with Crippen LogP contribution in [-0.2, 0) is 4.79 Å². The van der Waals surface area contributed by atoms with Crippen LogP contribution in [0.25, 0.3) is 0 Å². The number of nitrogens with one attached hydrogen (secondary N) is 2. The van der Waals surface area contributed by atoms with E-state index in [9.17, 15) is 4.79 Å². The van der Waals surface area contributed by atoms with Gasteiger partial charge in [0.2, 0.25) is 5.91 Å². The second-order valence-corrected chi connectivity index (χ2v) is 4.66. The molecule has 1 aromatic rings. The Morgan fingerprint density at radius 3 is 2.88 bits per heavy atom. The van der Waals surface area contributed by atoms with Crippen molar-refractivity contribution < 1.29 is 9.32 Å². The number of hydrogen-bond acceptors (Lipinski definition) is 4. The molecule has 2 unspecified atom stereocenters. The normalized spacial score (nSPS) is 21.5. The van der Waals surface area contributed by atoms with Crippen molar-refractivity contribution in [2.75, 3.05) is 13.1 Å². The molecule has 0 bridgehead atoms. The van der Waals surface area contributed by atoms with Crippen LogP contribution in [0, 0.1) is 19.8 Å². The highest BCUT2D eigenvalue weighted by molar-refractivity contribution is 5.79. The SMILES string of the molecule is Cc1noc(C)c1C(C)NC(=O)C1CCNC1. The highest BCUT2D eigenvalue weighted by Gasteiger charge is 2.25. The van der Waals surface area contributed by atoms with Crippen molar-refractivity contribution in [2.45, 2.75) is 33.2 Å². The zero-order chi connectivity index (χ0) is 12.4. The van der Waals surface area contributed by atoms with Gasteiger partial charge in [-0.1, -0.05) is 5.16 Å². The Bertz CT molecular complexity index is 388. The summed E-state index contributed by atoms with van der Waals surface area (Å²) in [6.07, 6.45) is 0.917. The van der Waals surface area contributed by atoms with Crippen molar-refractivity contribution in [1.29, 1.82) is 0 Å². The predicted octanol–water partition coefficient (Wildman–Crippen LogP) is 1.08. The summed E-state index contributed by atoms with van der Waals surface area (Å²) in [6.45, 7) is 7.44. The van der Waals surface area contributed by atoms with Gasteiger partial charge in [0.05, 0.1) is 17.7 Å². The lowest BCUT2D eigenvalue weighted by molar-refractivity contribution is -0.125. The third-order valence-corrected chi connectivity index (χ3v) is 3.31. The third-order valence-electron chi connectivity index (χ3n) is 3.31. The molecule has 0 radical (unpaired) electrons. The minimum absolute atomic E-state index is 0.0469. The van der Waals surface area contributed by atoms with E-state index in [0.29, 0.717) is 0 Å². The van der Waals surface area contributed by atoms with Gasteiger partial charge in [0.15, 0.2) is 0 Å². The van der Waals surface area contributed by atoms with Gasteiger partial charge in [0.1, 0.15) is 5.76 Å². The highest BCUT2D eigenvalue weighted by atomic mass is 16.5. The first-order valence-corrected chi connectivity index (χ1v) is 6.03. The number of carbonyl (C=O) groups is 1. The Balaban J connectivity index is 2.01. The molecular weight excluding hydrogens is 218 g/mol. The molecule has 0 aliphatic carbocycles. The summed E-state index contributed by atoms with van der Waals surface area (Å²) < 4.78 is 5.11. The van der Waals surface area contributed by atoms with Crippen molar-refractivity contribution in [2.24, 2.45) is 5.92 Å². The summed E-state index contributed by atoms with van der Waals surface area (Å²) in [5.74, 6) is 0.986. The van der Waals surface area contributed by atoms with E-state index < -0.39 is 0 Å². The van der Waals surface area contributed by atoms with Gasteiger partial charge in [-0.3, -0.25) is 4.79 Å². The maximum atomic E-state index is 12.0. The van der Waals surface area contributed by atoms with E-state index in [1.165, 1.54) is 0 Å². The molecule has 1 aliphatic rings. The van der Waals surface area contributed by atoms with Crippen molar-refractivity contribution >= 4 is 5.91 Å². The molecule has 17 heavy (non-hydrogen) atoms. The summed E-state index contributed by atoms with van der Waals surface area (Å²) in [5, 5.41) is 10.1. The monoisotopic (exact) mass is 237 g/mol. The molecule has 0 saturated carbocycles. The van der Waals surface area contributed by atoms with E-state index in [1.54, 1.807) is 0 Å². The van der Waals surface area contributed by atoms with Crippen molar-refractivity contribution in [1.82, 2.24) is 15.8 Å². The first-order valence-electron chi connectivity index (χ1n) is 6.03. The number of amides is 1. The summed E-state index contributed by atoms with van der Waals surface area (Å²) in [5.41, 5.74) is 1.84. The van der Waals surface area contributed by atoms with Gasteiger partial charge < -0.3 is 15.2 Å². The third kappa shape index (κ3) is 2.49. The molecule has 1 fully saturated rings. The topological polar surface area (TPSA) is 67.2 Å². The van der Waals surface area contributed by atoms with E-state index in [2.05, 4.69) is 15.8 Å². The Labute approximate surface area is 101 Å². The average Bonchev–Trinajstić information content (AvgIpc) is 2.88. The number of rotatable bonds is 3. The lowest BCUT2D eigenvalue weighted by atomic mass is 10.0. The first kappa shape index (κ1) is 12.1. The molecule has 94 valence electrons. The molecule has 5 nitrogen and oxygen atoms in total. The molecule has 2 heterocycles. The smallest absolute Gasteiger partial charge is 0.224 e. The van der Waals surface area contributed by atoms with Crippen LogP contribution in [0.5, 0.6) is 0 Å². The molecule has 5 heteroatoms. The van der Waals surface area contributed by atoms with Crippen LogP contribution in [0.15, 0.2) is 4.52 Å². The van der Waals surface area contributed by atoms with Crippen molar-refractivity contribution in [3.8, 4) is 0 Å². The van der Waals surface area contributed by atoms with E-state index in [-0.39, 0.29) is 17.9 Å². The first-order chi connectivity index (χ1) is 8.09. The summed E-state index contributed by atoms with van der Waals surface area (Å²) >= 11 is 0. The lowest BCUT2D eigenvalue weighted by Gasteiger charge is -2.16. The number of carbonyl (C=O) groups excluding carboxylic acids is 1. The Morgan fingerprint density at radius 2 is 2.35 bits per heavy atom. The van der Waals surface area contributed by atoms with Crippen LogP contribution in [-0.4, -0.2) is 24.2 Å². The van der Waals surface area contributed by atoms with Gasteiger partial charge in [0.25, 0.3) is 0 Å². The average molecular weight is 237 g/mol. The van der Waals surface area contributed by atoms with Gasteiger partial charge in [-0.25, -0.2) is 0 Å². The van der Waals surface area contributed by atoms with Crippen LogP contribution >= 0.6 is 0 Å². The van der Waals surface area contributed by atoms with Crippen LogP contribution < -0.4 is 10.6 Å². The fourth-order valence-electron chi connectivity index (χ4n) is 2.39. The highest BCUT2D eigenvalue weighted by Crippen LogP contribution is 2.21. The van der Waals surface area contributed by atoms with Crippen LogP contribution in [0.1, 0.15) is 36.4 Å². The van der Waals surface area contributed by atoms with Gasteiger partial charge in [-0.2, -0.15) is 0 Å². The molecule has 0 spiro atoms. The lowest BCUT2D eigenvalue weighted by Crippen LogP contribution is -2.34. The Hall–Kier alpha value is -1.36. The van der Waals surface area contributed by atoms with E-state index in [0.717, 1.165) is 36.5 Å². The maximum Gasteiger partial charge on any atom is 0.224 e. The Morgan fingerprint density at radius 1 is 1.59 bits per heavy atom. The second kappa shape index (κ2) is 4.87. The quantitative estimate of drug-likeness (QED) is 0.825. The minimum Gasteiger partial charge on any atom is -0.361 e. The number of aryl methyl sites for hydroxylation is 2. The molecule has 1 amide bonds. The molecule has 2 N–H and O–H groups in total. The van der Waals surface area contributed by atoms with E-state index in [4.69, 9.17) is 4.52 Å². The number of hydrogen-bond donors (Lipinski definition) is 2. The molecular formula is C12H19N3O2. The van der Waals surface area contributed by atoms with Gasteiger partial charge in [-0.05, 0) is 33.7 Å². The molecule has 2 rings (SSSR count). The Kier molecular flexibility index (Phi) is 3.47. The van der Waals surface area contributed by atoms with Crippen molar-refractivity contribution in [3.05, 3.63) is 17.0 Å². The number of aromatic nitrogens is 1. The molecule has 1 aromatic heterocycles. The standard InChI is InChI=1S/C12H19N3O2/c1-7(11-8(2)15-17-9(11)3)14-12(16)10-4-5-13-6-10/h7,10,13H,4-6H2,1-3H3,(H,14,16). The maximum absolute atomic E-state index is 12.0. The second-order valence-electron chi connectivity index (χ2n) is 4.66. The largest absolute Gasteiger partial charge is 0.361 e. The number of nitrogens with zero attached hydrogens (tertiary/aromatic N) is 1. The van der Waals surface area contributed by atoms with Gasteiger partial charge in [-0.15, -0.1) is 0 Å². The van der Waals surface area contributed by atoms with Crippen molar-refractivity contribution in [3.63, 3.8) is 0 Å². The molecule has 1 aliphatic heterocycles. The summed E-state index contributed by atoms with van der Waals surface area (Å²) in [4.78, 5) is 12.0. The minimum atomic E-state index is -0.0469. The summed E-state index contributed by atoms with van der Waals surface area (Å²) in [6, 6.07) is -0.0469.